The summed E-state index contributed by atoms with van der Waals surface area (Å²) in [5, 5.41) is 7.30. The van der Waals surface area contributed by atoms with Crippen molar-refractivity contribution in [3.05, 3.63) is 80.8 Å². The molecular formula is C27H28BrN3O2. The van der Waals surface area contributed by atoms with Crippen LogP contribution in [0.25, 0.3) is 21.7 Å². The number of halogens is 1. The fourth-order valence-electron chi connectivity index (χ4n) is 3.67. The summed E-state index contributed by atoms with van der Waals surface area (Å²) >= 11 is 3.46. The molecular weight excluding hydrogens is 478 g/mol. The van der Waals surface area contributed by atoms with Crippen LogP contribution >= 0.6 is 15.9 Å². The first-order valence-corrected chi connectivity index (χ1v) is 11.9. The van der Waals surface area contributed by atoms with Crippen molar-refractivity contribution in [3.63, 3.8) is 0 Å². The van der Waals surface area contributed by atoms with Gasteiger partial charge in [0.05, 0.1) is 23.2 Å². The third-order valence-corrected chi connectivity index (χ3v) is 6.11. The van der Waals surface area contributed by atoms with Crippen LogP contribution in [0.3, 0.4) is 0 Å². The van der Waals surface area contributed by atoms with Crippen molar-refractivity contribution in [1.29, 1.82) is 0 Å². The lowest BCUT2D eigenvalue weighted by molar-refractivity contribution is 0.217. The molecule has 1 aromatic heterocycles. The number of aromatic nitrogens is 2. The maximum atomic E-state index is 13.5. The van der Waals surface area contributed by atoms with Gasteiger partial charge in [-0.25, -0.2) is 4.98 Å². The molecule has 0 aliphatic rings. The Morgan fingerprint density at radius 2 is 1.88 bits per heavy atom. The van der Waals surface area contributed by atoms with Gasteiger partial charge in [0.15, 0.2) is 0 Å². The van der Waals surface area contributed by atoms with E-state index in [9.17, 15) is 4.79 Å². The number of benzene rings is 3. The minimum absolute atomic E-state index is 0.0610. The van der Waals surface area contributed by atoms with E-state index in [-0.39, 0.29) is 17.1 Å². The molecule has 4 aromatic rings. The fraction of sp³-hybridized carbons (Fsp3) is 0.296. The van der Waals surface area contributed by atoms with E-state index >= 15 is 0 Å². The van der Waals surface area contributed by atoms with E-state index < -0.39 is 0 Å². The Kier molecular flexibility index (Phi) is 6.39. The predicted molar refractivity (Wildman–Crippen MR) is 140 cm³/mol. The van der Waals surface area contributed by atoms with E-state index in [2.05, 4.69) is 34.0 Å². The maximum absolute atomic E-state index is 13.5. The summed E-state index contributed by atoms with van der Waals surface area (Å²) in [5.41, 5.74) is 0.916. The molecule has 0 amide bonds. The van der Waals surface area contributed by atoms with E-state index in [1.165, 1.54) is 4.68 Å². The van der Waals surface area contributed by atoms with Gasteiger partial charge in [-0.05, 0) is 48.4 Å². The van der Waals surface area contributed by atoms with Crippen molar-refractivity contribution >= 4 is 43.8 Å². The highest BCUT2D eigenvalue weighted by molar-refractivity contribution is 9.10. The summed E-state index contributed by atoms with van der Waals surface area (Å²) in [4.78, 5) is 18.3. The molecule has 1 atom stereocenters. The fourth-order valence-corrected chi connectivity index (χ4v) is 4.03. The lowest BCUT2D eigenvalue weighted by Crippen LogP contribution is -2.29. The predicted octanol–water partition coefficient (Wildman–Crippen LogP) is 6.67. The third-order valence-electron chi connectivity index (χ3n) is 5.62. The Labute approximate surface area is 202 Å². The minimum Gasteiger partial charge on any atom is -0.490 e. The molecule has 4 rings (SSSR count). The van der Waals surface area contributed by atoms with Crippen molar-refractivity contribution in [2.45, 2.75) is 52.6 Å². The molecule has 0 saturated heterocycles. The Hall–Kier alpha value is -2.99. The third kappa shape index (κ3) is 4.71. The molecule has 0 N–H and O–H groups in total. The molecule has 0 aliphatic carbocycles. The largest absolute Gasteiger partial charge is 0.490 e. The average molecular weight is 506 g/mol. The van der Waals surface area contributed by atoms with Crippen LogP contribution in [0.15, 0.2) is 69.0 Å². The van der Waals surface area contributed by atoms with Gasteiger partial charge in [-0.3, -0.25) is 4.79 Å². The van der Waals surface area contributed by atoms with Crippen molar-refractivity contribution in [2.75, 3.05) is 0 Å². The van der Waals surface area contributed by atoms with Crippen LogP contribution in [0.4, 0.5) is 0 Å². The van der Waals surface area contributed by atoms with Crippen LogP contribution in [0.5, 0.6) is 5.75 Å². The van der Waals surface area contributed by atoms with Crippen molar-refractivity contribution in [2.24, 2.45) is 5.10 Å². The Morgan fingerprint density at radius 1 is 1.12 bits per heavy atom. The summed E-state index contributed by atoms with van der Waals surface area (Å²) in [6, 6.07) is 17.7. The number of ether oxygens (including phenoxy) is 1. The van der Waals surface area contributed by atoms with E-state index in [4.69, 9.17) is 9.72 Å². The summed E-state index contributed by atoms with van der Waals surface area (Å²) < 4.78 is 8.45. The van der Waals surface area contributed by atoms with E-state index in [1.807, 2.05) is 70.2 Å². The number of hydrogen-bond acceptors (Lipinski definition) is 4. The second-order valence-electron chi connectivity index (χ2n) is 9.24. The molecule has 0 unspecified atom stereocenters. The molecule has 3 aromatic carbocycles. The molecule has 0 spiro atoms. The van der Waals surface area contributed by atoms with Gasteiger partial charge in [-0.2, -0.15) is 9.78 Å². The topological polar surface area (TPSA) is 56.5 Å². The monoisotopic (exact) mass is 505 g/mol. The SMILES string of the molecule is CC[C@@H](C)Oc1ccc2ccccc2c1C=Nn1c(C(C)(C)C)nc2ccc(Br)cc2c1=O. The smallest absolute Gasteiger partial charge is 0.282 e. The van der Waals surface area contributed by atoms with Gasteiger partial charge >= 0.3 is 0 Å². The Balaban J connectivity index is 1.96. The normalized spacial score (nSPS) is 13.2. The Bertz CT molecular complexity index is 1420. The lowest BCUT2D eigenvalue weighted by atomic mass is 9.95. The van der Waals surface area contributed by atoms with E-state index in [0.29, 0.717) is 16.7 Å². The van der Waals surface area contributed by atoms with Crippen LogP contribution in [-0.2, 0) is 5.41 Å². The van der Waals surface area contributed by atoms with Crippen molar-refractivity contribution in [3.8, 4) is 5.75 Å². The molecule has 5 nitrogen and oxygen atoms in total. The van der Waals surface area contributed by atoms with Crippen LogP contribution in [-0.4, -0.2) is 22.0 Å². The zero-order chi connectivity index (χ0) is 23.8. The van der Waals surface area contributed by atoms with Gasteiger partial charge in [0.1, 0.15) is 11.6 Å². The van der Waals surface area contributed by atoms with Gasteiger partial charge in [0.25, 0.3) is 5.56 Å². The molecule has 6 heteroatoms. The van der Waals surface area contributed by atoms with Crippen molar-refractivity contribution < 1.29 is 4.74 Å². The molecule has 170 valence electrons. The maximum Gasteiger partial charge on any atom is 0.282 e. The quantitative estimate of drug-likeness (QED) is 0.284. The molecule has 0 saturated carbocycles. The first-order chi connectivity index (χ1) is 15.7. The number of hydrogen-bond donors (Lipinski definition) is 0. The second kappa shape index (κ2) is 9.10. The minimum atomic E-state index is -0.382. The van der Waals surface area contributed by atoms with E-state index in [1.54, 1.807) is 12.3 Å². The molecule has 33 heavy (non-hydrogen) atoms. The number of rotatable bonds is 5. The highest BCUT2D eigenvalue weighted by Gasteiger charge is 2.23. The first-order valence-electron chi connectivity index (χ1n) is 11.1. The standard InChI is InChI=1S/C27H28BrN3O2/c1-6-17(2)33-24-14-11-18-9-7-8-10-20(18)22(24)16-29-31-25(32)21-15-19(28)12-13-23(21)30-26(31)27(3,4)5/h7-17H,6H2,1-5H3/t17-/m1/s1. The number of fused-ring (bicyclic) bond motifs is 2. The second-order valence-corrected chi connectivity index (χ2v) is 10.2. The van der Waals surface area contributed by atoms with Crippen LogP contribution in [0, 0.1) is 0 Å². The van der Waals surface area contributed by atoms with Crippen LogP contribution in [0.2, 0.25) is 0 Å². The van der Waals surface area contributed by atoms with E-state index in [0.717, 1.165) is 33.0 Å². The summed E-state index contributed by atoms with van der Waals surface area (Å²) in [6.07, 6.45) is 2.67. The van der Waals surface area contributed by atoms with Crippen LogP contribution < -0.4 is 10.3 Å². The number of nitrogens with zero attached hydrogens (tertiary/aromatic N) is 3. The van der Waals surface area contributed by atoms with Gasteiger partial charge in [0, 0.05) is 15.5 Å². The van der Waals surface area contributed by atoms with Gasteiger partial charge in [0.2, 0.25) is 0 Å². The van der Waals surface area contributed by atoms with Gasteiger partial charge < -0.3 is 4.74 Å². The first kappa shape index (κ1) is 23.2. The molecule has 0 aliphatic heterocycles. The summed E-state index contributed by atoms with van der Waals surface area (Å²) in [7, 11) is 0. The molecule has 0 radical (unpaired) electrons. The van der Waals surface area contributed by atoms with Crippen molar-refractivity contribution in [1.82, 2.24) is 9.66 Å². The zero-order valence-electron chi connectivity index (χ0n) is 19.6. The van der Waals surface area contributed by atoms with Gasteiger partial charge in [-0.1, -0.05) is 74.0 Å². The molecule has 0 fully saturated rings. The summed E-state index contributed by atoms with van der Waals surface area (Å²) in [6.45, 7) is 10.2. The lowest BCUT2D eigenvalue weighted by Gasteiger charge is -2.21. The van der Waals surface area contributed by atoms with Gasteiger partial charge in [-0.15, -0.1) is 0 Å². The highest BCUT2D eigenvalue weighted by atomic mass is 79.9. The summed E-state index contributed by atoms with van der Waals surface area (Å²) in [5.74, 6) is 1.34. The highest BCUT2D eigenvalue weighted by Crippen LogP contribution is 2.28. The Morgan fingerprint density at radius 3 is 2.61 bits per heavy atom. The zero-order valence-corrected chi connectivity index (χ0v) is 21.2. The molecule has 0 bridgehead atoms. The average Bonchev–Trinajstić information content (AvgIpc) is 2.78. The van der Waals surface area contributed by atoms with Crippen LogP contribution in [0.1, 0.15) is 52.4 Å². The molecule has 1 heterocycles.